The Labute approximate surface area is 139 Å². The highest BCUT2D eigenvalue weighted by molar-refractivity contribution is 9.10. The van der Waals surface area contributed by atoms with Crippen molar-refractivity contribution in [1.82, 2.24) is 10.1 Å². The predicted octanol–water partition coefficient (Wildman–Crippen LogP) is 4.20. The zero-order valence-electron chi connectivity index (χ0n) is 12.0. The lowest BCUT2D eigenvalue weighted by Gasteiger charge is -2.05. The minimum absolute atomic E-state index is 0.122. The molecule has 0 bridgehead atoms. The van der Waals surface area contributed by atoms with Gasteiger partial charge in [0.2, 0.25) is 0 Å². The van der Waals surface area contributed by atoms with Crippen LogP contribution in [0, 0.1) is 12.7 Å². The van der Waals surface area contributed by atoms with Gasteiger partial charge in [-0.05, 0) is 59.3 Å². The van der Waals surface area contributed by atoms with Crippen LogP contribution in [0.3, 0.4) is 0 Å². The Morgan fingerprint density at radius 2 is 1.96 bits per heavy atom. The van der Waals surface area contributed by atoms with Crippen LogP contribution in [0.15, 0.2) is 51.6 Å². The molecule has 1 amide bonds. The van der Waals surface area contributed by atoms with Gasteiger partial charge in [0, 0.05) is 17.3 Å². The van der Waals surface area contributed by atoms with Gasteiger partial charge >= 0.3 is 0 Å². The van der Waals surface area contributed by atoms with Crippen molar-refractivity contribution in [3.05, 3.63) is 64.3 Å². The SMILES string of the molecule is Cc1ccc(NC(=O)c2cc(-c3ccc(F)cc3)on2)c(Br)n1. The maximum Gasteiger partial charge on any atom is 0.277 e. The number of nitrogens with zero attached hydrogens (tertiary/aromatic N) is 2. The lowest BCUT2D eigenvalue weighted by Crippen LogP contribution is -2.13. The molecule has 3 aromatic rings. The number of pyridine rings is 1. The molecule has 0 aliphatic heterocycles. The molecule has 0 fully saturated rings. The summed E-state index contributed by atoms with van der Waals surface area (Å²) in [5, 5.41) is 6.44. The van der Waals surface area contributed by atoms with E-state index in [1.165, 1.54) is 18.2 Å². The first-order valence-electron chi connectivity index (χ1n) is 6.70. The lowest BCUT2D eigenvalue weighted by molar-refractivity contribution is 0.101. The van der Waals surface area contributed by atoms with E-state index in [2.05, 4.69) is 31.4 Å². The van der Waals surface area contributed by atoms with Gasteiger partial charge in [0.25, 0.3) is 5.91 Å². The van der Waals surface area contributed by atoms with Crippen LogP contribution in [0.5, 0.6) is 0 Å². The Balaban J connectivity index is 1.79. The van der Waals surface area contributed by atoms with Crippen molar-refractivity contribution in [1.29, 1.82) is 0 Å². The van der Waals surface area contributed by atoms with Crippen LogP contribution in [-0.4, -0.2) is 16.0 Å². The van der Waals surface area contributed by atoms with Gasteiger partial charge in [0.05, 0.1) is 5.69 Å². The van der Waals surface area contributed by atoms with Crippen LogP contribution in [0.2, 0.25) is 0 Å². The average Bonchev–Trinajstić information content (AvgIpc) is 3.01. The summed E-state index contributed by atoms with van der Waals surface area (Å²) in [4.78, 5) is 16.4. The van der Waals surface area contributed by atoms with E-state index < -0.39 is 5.91 Å². The number of carbonyl (C=O) groups excluding carboxylic acids is 1. The molecule has 0 radical (unpaired) electrons. The zero-order valence-corrected chi connectivity index (χ0v) is 13.6. The minimum Gasteiger partial charge on any atom is -0.355 e. The van der Waals surface area contributed by atoms with Gasteiger partial charge < -0.3 is 9.84 Å². The van der Waals surface area contributed by atoms with Gasteiger partial charge in [-0.2, -0.15) is 0 Å². The summed E-state index contributed by atoms with van der Waals surface area (Å²) in [7, 11) is 0. The average molecular weight is 376 g/mol. The molecular formula is C16H11BrFN3O2. The van der Waals surface area contributed by atoms with Crippen molar-refractivity contribution in [3.63, 3.8) is 0 Å². The number of halogens is 2. The Morgan fingerprint density at radius 3 is 2.65 bits per heavy atom. The molecule has 7 heteroatoms. The number of hydrogen-bond donors (Lipinski definition) is 1. The largest absolute Gasteiger partial charge is 0.355 e. The van der Waals surface area contributed by atoms with Crippen molar-refractivity contribution >= 4 is 27.5 Å². The number of carbonyl (C=O) groups is 1. The third-order valence-corrected chi connectivity index (χ3v) is 3.71. The molecule has 0 saturated carbocycles. The molecule has 1 aromatic carbocycles. The summed E-state index contributed by atoms with van der Waals surface area (Å²) in [6.45, 7) is 1.85. The standard InChI is InChI=1S/C16H11BrFN3O2/c1-9-2-7-12(15(17)19-9)20-16(22)13-8-14(23-21-13)10-3-5-11(18)6-4-10/h2-8H,1H3,(H,20,22). The van der Waals surface area contributed by atoms with Gasteiger partial charge in [-0.15, -0.1) is 0 Å². The summed E-state index contributed by atoms with van der Waals surface area (Å²) in [5.41, 5.74) is 2.12. The fourth-order valence-corrected chi connectivity index (χ4v) is 2.45. The van der Waals surface area contributed by atoms with Gasteiger partial charge in [-0.3, -0.25) is 4.79 Å². The van der Waals surface area contributed by atoms with Crippen molar-refractivity contribution in [3.8, 4) is 11.3 Å². The maximum absolute atomic E-state index is 12.9. The number of aromatic nitrogens is 2. The first-order valence-corrected chi connectivity index (χ1v) is 7.49. The third-order valence-electron chi connectivity index (χ3n) is 3.11. The molecular weight excluding hydrogens is 365 g/mol. The van der Waals surface area contributed by atoms with E-state index in [1.807, 2.05) is 6.92 Å². The predicted molar refractivity (Wildman–Crippen MR) is 86.5 cm³/mol. The first-order chi connectivity index (χ1) is 11.0. The summed E-state index contributed by atoms with van der Waals surface area (Å²) in [5.74, 6) is -0.382. The second-order valence-corrected chi connectivity index (χ2v) is 5.58. The second kappa shape index (κ2) is 6.29. The van der Waals surface area contributed by atoms with E-state index in [9.17, 15) is 9.18 Å². The van der Waals surface area contributed by atoms with Crippen LogP contribution in [-0.2, 0) is 0 Å². The molecule has 23 heavy (non-hydrogen) atoms. The van der Waals surface area contributed by atoms with E-state index >= 15 is 0 Å². The van der Waals surface area contributed by atoms with Gasteiger partial charge in [0.1, 0.15) is 10.4 Å². The van der Waals surface area contributed by atoms with Crippen LogP contribution in [0.1, 0.15) is 16.2 Å². The highest BCUT2D eigenvalue weighted by atomic mass is 79.9. The molecule has 0 aliphatic rings. The van der Waals surface area contributed by atoms with Crippen LogP contribution in [0.4, 0.5) is 10.1 Å². The van der Waals surface area contributed by atoms with Crippen molar-refractivity contribution in [2.24, 2.45) is 0 Å². The molecule has 0 aliphatic carbocycles. The number of amides is 1. The fourth-order valence-electron chi connectivity index (χ4n) is 1.94. The summed E-state index contributed by atoms with van der Waals surface area (Å²) >= 11 is 3.29. The highest BCUT2D eigenvalue weighted by Crippen LogP contribution is 2.23. The van der Waals surface area contributed by atoms with Crippen molar-refractivity contribution in [2.75, 3.05) is 5.32 Å². The number of benzene rings is 1. The Hall–Kier alpha value is -2.54. The topological polar surface area (TPSA) is 68.0 Å². The third kappa shape index (κ3) is 3.45. The number of nitrogens with one attached hydrogen (secondary N) is 1. The normalized spacial score (nSPS) is 10.6. The monoisotopic (exact) mass is 375 g/mol. The number of hydrogen-bond acceptors (Lipinski definition) is 4. The number of aryl methyl sites for hydroxylation is 1. The van der Waals surface area contributed by atoms with E-state index in [1.54, 1.807) is 24.3 Å². The Morgan fingerprint density at radius 1 is 1.22 bits per heavy atom. The summed E-state index contributed by atoms with van der Waals surface area (Å²) in [6, 6.07) is 10.8. The quantitative estimate of drug-likeness (QED) is 0.696. The maximum atomic E-state index is 12.9. The molecule has 0 saturated heterocycles. The minimum atomic E-state index is -0.423. The number of rotatable bonds is 3. The van der Waals surface area contributed by atoms with Crippen LogP contribution >= 0.6 is 15.9 Å². The first kappa shape index (κ1) is 15.4. The molecule has 1 N–H and O–H groups in total. The molecule has 2 aromatic heterocycles. The summed E-state index contributed by atoms with van der Waals surface area (Å²) < 4.78 is 18.6. The highest BCUT2D eigenvalue weighted by Gasteiger charge is 2.15. The molecule has 3 rings (SSSR count). The molecule has 2 heterocycles. The van der Waals surface area contributed by atoms with Crippen LogP contribution < -0.4 is 5.32 Å². The van der Waals surface area contributed by atoms with Crippen molar-refractivity contribution in [2.45, 2.75) is 6.92 Å². The van der Waals surface area contributed by atoms with E-state index in [-0.39, 0.29) is 11.5 Å². The number of anilines is 1. The van der Waals surface area contributed by atoms with Gasteiger partial charge in [-0.1, -0.05) is 5.16 Å². The lowest BCUT2D eigenvalue weighted by atomic mass is 10.1. The molecule has 0 unspecified atom stereocenters. The summed E-state index contributed by atoms with van der Waals surface area (Å²) in [6.07, 6.45) is 0. The van der Waals surface area contributed by atoms with E-state index in [0.29, 0.717) is 21.6 Å². The van der Waals surface area contributed by atoms with Crippen molar-refractivity contribution < 1.29 is 13.7 Å². The Bertz CT molecular complexity index is 862. The molecule has 0 spiro atoms. The molecule has 0 atom stereocenters. The van der Waals surface area contributed by atoms with Crippen LogP contribution in [0.25, 0.3) is 11.3 Å². The molecule has 116 valence electrons. The van der Waals surface area contributed by atoms with Gasteiger partial charge in [0.15, 0.2) is 11.5 Å². The Kier molecular flexibility index (Phi) is 4.20. The van der Waals surface area contributed by atoms with Gasteiger partial charge in [-0.25, -0.2) is 9.37 Å². The smallest absolute Gasteiger partial charge is 0.277 e. The molecule has 5 nitrogen and oxygen atoms in total. The van der Waals surface area contributed by atoms with E-state index in [0.717, 1.165) is 5.69 Å². The fraction of sp³-hybridized carbons (Fsp3) is 0.0625. The second-order valence-electron chi connectivity index (χ2n) is 4.83. The van der Waals surface area contributed by atoms with E-state index in [4.69, 9.17) is 4.52 Å². The zero-order chi connectivity index (χ0) is 16.4.